The first-order valence-corrected chi connectivity index (χ1v) is 12.5. The summed E-state index contributed by atoms with van der Waals surface area (Å²) in [5.41, 5.74) is 4.63. The molecule has 0 saturated carbocycles. The zero-order valence-corrected chi connectivity index (χ0v) is 20.7. The van der Waals surface area contributed by atoms with Gasteiger partial charge in [-0.1, -0.05) is 17.3 Å². The lowest BCUT2D eigenvalue weighted by Gasteiger charge is -2.28. The molecule has 5 heterocycles. The standard InChI is InChI=1S/C27H29N9O/c1-34-10-6-21(7-11-34)18-37-23-8-12-35-25(17-29-27(35)14-23)24-15-26(31-19-30-24)28-16-20-2-4-22(5-3-20)36-13-9-32-33-36/h2-5,8-9,12-15,17,19,21H,6-7,10-11,16,18H2,1H3,(H,28,30,31). The van der Waals surface area contributed by atoms with Gasteiger partial charge in [0.2, 0.25) is 0 Å². The summed E-state index contributed by atoms with van der Waals surface area (Å²) in [6.07, 6.45) is 11.3. The van der Waals surface area contributed by atoms with Crippen molar-refractivity contribution in [3.8, 4) is 22.8 Å². The first-order chi connectivity index (χ1) is 18.2. The van der Waals surface area contributed by atoms with Gasteiger partial charge in [-0.05, 0) is 62.7 Å². The van der Waals surface area contributed by atoms with Gasteiger partial charge in [-0.15, -0.1) is 5.10 Å². The van der Waals surface area contributed by atoms with Crippen LogP contribution in [0.5, 0.6) is 5.75 Å². The van der Waals surface area contributed by atoms with Crippen molar-refractivity contribution in [3.05, 3.63) is 79.1 Å². The first-order valence-electron chi connectivity index (χ1n) is 12.5. The van der Waals surface area contributed by atoms with Crippen LogP contribution < -0.4 is 10.1 Å². The molecule has 6 rings (SSSR count). The number of piperidine rings is 1. The van der Waals surface area contributed by atoms with Crippen LogP contribution in [-0.2, 0) is 6.54 Å². The highest BCUT2D eigenvalue weighted by Gasteiger charge is 2.17. The molecule has 0 unspecified atom stereocenters. The summed E-state index contributed by atoms with van der Waals surface area (Å²) < 4.78 is 9.87. The summed E-state index contributed by atoms with van der Waals surface area (Å²) in [6, 6.07) is 14.1. The van der Waals surface area contributed by atoms with Crippen molar-refractivity contribution in [2.45, 2.75) is 19.4 Å². The second kappa shape index (κ2) is 10.4. The Bertz CT molecular complexity index is 1460. The van der Waals surface area contributed by atoms with Gasteiger partial charge in [0, 0.05) is 24.9 Å². The van der Waals surface area contributed by atoms with Crippen LogP contribution in [0.25, 0.3) is 22.7 Å². The fourth-order valence-electron chi connectivity index (χ4n) is 4.58. The van der Waals surface area contributed by atoms with Gasteiger partial charge in [0.05, 0.1) is 42.3 Å². The third kappa shape index (κ3) is 5.29. The maximum Gasteiger partial charge on any atom is 0.140 e. The molecule has 0 amide bonds. The van der Waals surface area contributed by atoms with Crippen molar-refractivity contribution < 1.29 is 4.74 Å². The molecule has 1 saturated heterocycles. The zero-order chi connectivity index (χ0) is 25.0. The Morgan fingerprint density at radius 1 is 1.00 bits per heavy atom. The third-order valence-electron chi connectivity index (χ3n) is 6.84. The van der Waals surface area contributed by atoms with Gasteiger partial charge in [0.25, 0.3) is 0 Å². The predicted molar refractivity (Wildman–Crippen MR) is 141 cm³/mol. The third-order valence-corrected chi connectivity index (χ3v) is 6.84. The molecule has 0 bridgehead atoms. The molecule has 1 fully saturated rings. The monoisotopic (exact) mass is 495 g/mol. The van der Waals surface area contributed by atoms with Crippen LogP contribution in [0.15, 0.2) is 73.6 Å². The maximum atomic E-state index is 6.11. The quantitative estimate of drug-likeness (QED) is 0.348. The summed E-state index contributed by atoms with van der Waals surface area (Å²) in [6.45, 7) is 3.67. The number of rotatable bonds is 8. The zero-order valence-electron chi connectivity index (χ0n) is 20.7. The molecule has 0 atom stereocenters. The molecule has 1 aliphatic heterocycles. The molecule has 37 heavy (non-hydrogen) atoms. The number of nitrogens with zero attached hydrogens (tertiary/aromatic N) is 8. The lowest BCUT2D eigenvalue weighted by Crippen LogP contribution is -2.32. The molecular formula is C27H29N9O. The summed E-state index contributed by atoms with van der Waals surface area (Å²) in [5, 5.41) is 11.3. The topological polar surface area (TPSA) is 98.3 Å². The largest absolute Gasteiger partial charge is 0.493 e. The summed E-state index contributed by atoms with van der Waals surface area (Å²) in [7, 11) is 2.18. The number of likely N-dealkylation sites (tertiary alicyclic amines) is 1. The SMILES string of the molecule is CN1CCC(COc2ccn3c(-c4cc(NCc5ccc(-n6ccnn6)cc5)ncn4)cnc3c2)CC1. The van der Waals surface area contributed by atoms with Gasteiger partial charge < -0.3 is 15.0 Å². The van der Waals surface area contributed by atoms with Crippen LogP contribution in [0, 0.1) is 5.92 Å². The van der Waals surface area contributed by atoms with E-state index in [1.807, 2.05) is 53.3 Å². The van der Waals surface area contributed by atoms with Crippen LogP contribution in [-0.4, -0.2) is 66.0 Å². The molecule has 0 radical (unpaired) electrons. The average Bonchev–Trinajstić information content (AvgIpc) is 3.63. The lowest BCUT2D eigenvalue weighted by atomic mass is 9.98. The van der Waals surface area contributed by atoms with Crippen molar-refractivity contribution in [3.63, 3.8) is 0 Å². The van der Waals surface area contributed by atoms with Crippen molar-refractivity contribution >= 4 is 11.5 Å². The summed E-state index contributed by atoms with van der Waals surface area (Å²) in [4.78, 5) is 15.9. The molecule has 10 nitrogen and oxygen atoms in total. The smallest absolute Gasteiger partial charge is 0.140 e. The Morgan fingerprint density at radius 3 is 2.68 bits per heavy atom. The molecule has 1 N–H and O–H groups in total. The Kier molecular flexibility index (Phi) is 6.47. The van der Waals surface area contributed by atoms with Gasteiger partial charge in [-0.2, -0.15) is 0 Å². The van der Waals surface area contributed by atoms with Crippen LogP contribution in [0.3, 0.4) is 0 Å². The number of aromatic nitrogens is 7. The normalized spacial score (nSPS) is 14.7. The van der Waals surface area contributed by atoms with Crippen molar-refractivity contribution in [1.29, 1.82) is 0 Å². The minimum Gasteiger partial charge on any atom is -0.493 e. The van der Waals surface area contributed by atoms with Gasteiger partial charge in [0.15, 0.2) is 0 Å². The van der Waals surface area contributed by atoms with Crippen molar-refractivity contribution in [2.75, 3.05) is 32.1 Å². The number of ether oxygens (including phenoxy) is 1. The van der Waals surface area contributed by atoms with Crippen LogP contribution in [0.2, 0.25) is 0 Å². The minimum absolute atomic E-state index is 0.612. The lowest BCUT2D eigenvalue weighted by molar-refractivity contribution is 0.160. The summed E-state index contributed by atoms with van der Waals surface area (Å²) in [5.74, 6) is 2.21. The van der Waals surface area contributed by atoms with E-state index >= 15 is 0 Å². The highest BCUT2D eigenvalue weighted by Crippen LogP contribution is 2.24. The fraction of sp³-hybridized carbons (Fsp3) is 0.296. The predicted octanol–water partition coefficient (Wildman–Crippen LogP) is 3.70. The van der Waals surface area contributed by atoms with E-state index in [-0.39, 0.29) is 0 Å². The Balaban J connectivity index is 1.11. The molecule has 10 heteroatoms. The molecule has 188 valence electrons. The van der Waals surface area contributed by atoms with Crippen molar-refractivity contribution in [2.24, 2.45) is 5.92 Å². The number of hydrogen-bond acceptors (Lipinski definition) is 8. The fourth-order valence-corrected chi connectivity index (χ4v) is 4.58. The van der Waals surface area contributed by atoms with Crippen molar-refractivity contribution in [1.82, 2.24) is 39.2 Å². The van der Waals surface area contributed by atoms with Gasteiger partial charge in [0.1, 0.15) is 23.5 Å². The van der Waals surface area contributed by atoms with Gasteiger partial charge in [-0.25, -0.2) is 19.6 Å². The number of hydrogen-bond donors (Lipinski definition) is 1. The Labute approximate surface area is 215 Å². The van der Waals surface area contributed by atoms with Crippen LogP contribution in [0.1, 0.15) is 18.4 Å². The number of anilines is 1. The highest BCUT2D eigenvalue weighted by atomic mass is 16.5. The number of fused-ring (bicyclic) bond motifs is 1. The second-order valence-electron chi connectivity index (χ2n) is 9.45. The van der Waals surface area contributed by atoms with E-state index in [2.05, 4.69) is 54.7 Å². The van der Waals surface area contributed by atoms with Gasteiger partial charge >= 0.3 is 0 Å². The first kappa shape index (κ1) is 23.1. The van der Waals surface area contributed by atoms with E-state index in [1.165, 1.54) is 12.8 Å². The number of benzene rings is 1. The van der Waals surface area contributed by atoms with E-state index in [0.717, 1.165) is 59.5 Å². The van der Waals surface area contributed by atoms with Gasteiger partial charge in [-0.3, -0.25) is 4.40 Å². The maximum absolute atomic E-state index is 6.11. The molecular weight excluding hydrogens is 466 g/mol. The molecule has 0 spiro atoms. The average molecular weight is 496 g/mol. The minimum atomic E-state index is 0.612. The van der Waals surface area contributed by atoms with E-state index in [9.17, 15) is 0 Å². The number of imidazole rings is 1. The van der Waals surface area contributed by atoms with E-state index in [1.54, 1.807) is 17.2 Å². The van der Waals surface area contributed by atoms with Crippen LogP contribution >= 0.6 is 0 Å². The Morgan fingerprint density at radius 2 is 1.86 bits per heavy atom. The van der Waals surface area contributed by atoms with E-state index < -0.39 is 0 Å². The van der Waals surface area contributed by atoms with Crippen LogP contribution in [0.4, 0.5) is 5.82 Å². The number of pyridine rings is 1. The van der Waals surface area contributed by atoms with E-state index in [0.29, 0.717) is 12.5 Å². The summed E-state index contributed by atoms with van der Waals surface area (Å²) >= 11 is 0. The molecule has 4 aromatic heterocycles. The van der Waals surface area contributed by atoms with E-state index in [4.69, 9.17) is 4.74 Å². The second-order valence-corrected chi connectivity index (χ2v) is 9.45. The Hall–Kier alpha value is -4.31. The number of nitrogens with one attached hydrogen (secondary N) is 1. The highest BCUT2D eigenvalue weighted by molar-refractivity contribution is 5.63. The molecule has 5 aromatic rings. The molecule has 1 aliphatic rings. The molecule has 1 aromatic carbocycles. The molecule has 0 aliphatic carbocycles.